The van der Waals surface area contributed by atoms with Crippen LogP contribution in [0.4, 0.5) is 8.78 Å². The molecule has 0 saturated carbocycles. The van der Waals surface area contributed by atoms with E-state index >= 15 is 0 Å². The molecular weight excluding hydrogens is 224 g/mol. The summed E-state index contributed by atoms with van der Waals surface area (Å²) in [6.45, 7) is 4.96. The molecule has 0 radical (unpaired) electrons. The monoisotopic (exact) mass is 243 g/mol. The number of halogens is 2. The molecule has 0 bridgehead atoms. The standard InChI is InChI=1S/C13H19F2NO/c1-2-6-16-7-9-17-8-5-11-3-4-12(14)10-13(11)15/h3-4,10,16H,2,5-9H2,1H3. The highest BCUT2D eigenvalue weighted by atomic mass is 19.1. The van der Waals surface area contributed by atoms with Crippen LogP contribution in [0.2, 0.25) is 0 Å². The van der Waals surface area contributed by atoms with Gasteiger partial charge >= 0.3 is 0 Å². The zero-order valence-electron chi connectivity index (χ0n) is 10.1. The summed E-state index contributed by atoms with van der Waals surface area (Å²) in [5, 5.41) is 3.20. The van der Waals surface area contributed by atoms with Crippen LogP contribution in [0.25, 0.3) is 0 Å². The molecule has 96 valence electrons. The maximum Gasteiger partial charge on any atom is 0.129 e. The molecule has 0 heterocycles. The molecular formula is C13H19F2NO. The predicted octanol–water partition coefficient (Wildman–Crippen LogP) is 2.52. The minimum atomic E-state index is -0.545. The fraction of sp³-hybridized carbons (Fsp3) is 0.538. The van der Waals surface area contributed by atoms with Crippen LogP contribution in [0.3, 0.4) is 0 Å². The van der Waals surface area contributed by atoms with Gasteiger partial charge in [-0.2, -0.15) is 0 Å². The highest BCUT2D eigenvalue weighted by molar-refractivity contribution is 5.18. The van der Waals surface area contributed by atoms with Crippen LogP contribution in [0, 0.1) is 11.6 Å². The normalized spacial score (nSPS) is 10.8. The van der Waals surface area contributed by atoms with E-state index in [0.29, 0.717) is 25.2 Å². The zero-order valence-corrected chi connectivity index (χ0v) is 10.1. The lowest BCUT2D eigenvalue weighted by Crippen LogP contribution is -2.20. The number of nitrogens with one attached hydrogen (secondary N) is 1. The largest absolute Gasteiger partial charge is 0.380 e. The summed E-state index contributed by atoms with van der Waals surface area (Å²) in [7, 11) is 0. The molecule has 0 atom stereocenters. The molecule has 1 aromatic carbocycles. The summed E-state index contributed by atoms with van der Waals surface area (Å²) < 4.78 is 31.2. The van der Waals surface area contributed by atoms with E-state index < -0.39 is 11.6 Å². The molecule has 17 heavy (non-hydrogen) atoms. The van der Waals surface area contributed by atoms with Crippen LogP contribution < -0.4 is 5.32 Å². The van der Waals surface area contributed by atoms with Gasteiger partial charge in [-0.3, -0.25) is 0 Å². The first-order valence-electron chi connectivity index (χ1n) is 5.96. The Labute approximate surface area is 101 Å². The average Bonchev–Trinajstić information content (AvgIpc) is 2.30. The van der Waals surface area contributed by atoms with Crippen molar-refractivity contribution in [1.29, 1.82) is 0 Å². The highest BCUT2D eigenvalue weighted by Crippen LogP contribution is 2.09. The van der Waals surface area contributed by atoms with Gasteiger partial charge in [-0.15, -0.1) is 0 Å². The number of ether oxygens (including phenoxy) is 1. The SMILES string of the molecule is CCCNCCOCCc1ccc(F)cc1F. The molecule has 1 N–H and O–H groups in total. The maximum atomic E-state index is 13.2. The second-order valence-corrected chi connectivity index (χ2v) is 3.85. The van der Waals surface area contributed by atoms with Gasteiger partial charge in [-0.1, -0.05) is 13.0 Å². The second-order valence-electron chi connectivity index (χ2n) is 3.85. The maximum absolute atomic E-state index is 13.2. The topological polar surface area (TPSA) is 21.3 Å². The molecule has 0 aliphatic rings. The van der Waals surface area contributed by atoms with Crippen molar-refractivity contribution in [2.24, 2.45) is 0 Å². The first-order valence-corrected chi connectivity index (χ1v) is 5.96. The van der Waals surface area contributed by atoms with Gasteiger partial charge in [0.25, 0.3) is 0 Å². The highest BCUT2D eigenvalue weighted by Gasteiger charge is 2.03. The Bertz CT molecular complexity index is 331. The van der Waals surface area contributed by atoms with Gasteiger partial charge in [0, 0.05) is 12.6 Å². The molecule has 0 spiro atoms. The summed E-state index contributed by atoms with van der Waals surface area (Å²) in [5.74, 6) is -1.05. The van der Waals surface area contributed by atoms with Crippen molar-refractivity contribution >= 4 is 0 Å². The molecule has 4 heteroatoms. The van der Waals surface area contributed by atoms with E-state index in [2.05, 4.69) is 12.2 Å². The Morgan fingerprint density at radius 3 is 2.71 bits per heavy atom. The Morgan fingerprint density at radius 1 is 1.18 bits per heavy atom. The first-order chi connectivity index (χ1) is 8.24. The van der Waals surface area contributed by atoms with Gasteiger partial charge in [0.05, 0.1) is 13.2 Å². The summed E-state index contributed by atoms with van der Waals surface area (Å²) in [4.78, 5) is 0. The van der Waals surface area contributed by atoms with Gasteiger partial charge in [0.15, 0.2) is 0 Å². The summed E-state index contributed by atoms with van der Waals surface area (Å²) in [5.41, 5.74) is 0.493. The Hall–Kier alpha value is -1.00. The minimum absolute atomic E-state index is 0.455. The van der Waals surface area contributed by atoms with Crippen molar-refractivity contribution in [3.63, 3.8) is 0 Å². The van der Waals surface area contributed by atoms with Gasteiger partial charge < -0.3 is 10.1 Å². The molecule has 0 unspecified atom stereocenters. The third-order valence-corrected chi connectivity index (χ3v) is 2.38. The molecule has 0 fully saturated rings. The van der Waals surface area contributed by atoms with Crippen molar-refractivity contribution in [2.75, 3.05) is 26.3 Å². The van der Waals surface area contributed by atoms with Crippen LogP contribution in [0.1, 0.15) is 18.9 Å². The van der Waals surface area contributed by atoms with Crippen LogP contribution in [0.15, 0.2) is 18.2 Å². The summed E-state index contributed by atoms with van der Waals surface area (Å²) in [6, 6.07) is 3.63. The van der Waals surface area contributed by atoms with Crippen LogP contribution in [-0.4, -0.2) is 26.3 Å². The van der Waals surface area contributed by atoms with E-state index in [-0.39, 0.29) is 0 Å². The van der Waals surface area contributed by atoms with Gasteiger partial charge in [0.2, 0.25) is 0 Å². The van der Waals surface area contributed by atoms with Gasteiger partial charge in [-0.05, 0) is 31.0 Å². The van der Waals surface area contributed by atoms with Gasteiger partial charge in [-0.25, -0.2) is 8.78 Å². The predicted molar refractivity (Wildman–Crippen MR) is 64.0 cm³/mol. The quantitative estimate of drug-likeness (QED) is 0.708. The molecule has 0 saturated heterocycles. The average molecular weight is 243 g/mol. The Morgan fingerprint density at radius 2 is 2.00 bits per heavy atom. The lowest BCUT2D eigenvalue weighted by atomic mass is 10.1. The van der Waals surface area contributed by atoms with Crippen molar-refractivity contribution in [1.82, 2.24) is 5.32 Å². The Kier molecular flexibility index (Phi) is 6.74. The molecule has 0 aliphatic carbocycles. The lowest BCUT2D eigenvalue weighted by Gasteiger charge is -2.06. The van der Waals surface area contributed by atoms with Crippen molar-refractivity contribution < 1.29 is 13.5 Å². The van der Waals surface area contributed by atoms with E-state index in [0.717, 1.165) is 25.6 Å². The van der Waals surface area contributed by atoms with Crippen molar-refractivity contribution in [3.8, 4) is 0 Å². The molecule has 1 aromatic rings. The summed E-state index contributed by atoms with van der Waals surface area (Å²) >= 11 is 0. The van der Waals surface area contributed by atoms with Crippen molar-refractivity contribution in [2.45, 2.75) is 19.8 Å². The van der Waals surface area contributed by atoms with E-state index in [1.807, 2.05) is 0 Å². The molecule has 2 nitrogen and oxygen atoms in total. The van der Waals surface area contributed by atoms with Crippen LogP contribution in [-0.2, 0) is 11.2 Å². The molecule has 0 amide bonds. The van der Waals surface area contributed by atoms with E-state index in [1.165, 1.54) is 12.1 Å². The second kappa shape index (κ2) is 8.14. The molecule has 1 rings (SSSR count). The van der Waals surface area contributed by atoms with Crippen molar-refractivity contribution in [3.05, 3.63) is 35.4 Å². The zero-order chi connectivity index (χ0) is 12.5. The van der Waals surface area contributed by atoms with Crippen LogP contribution >= 0.6 is 0 Å². The molecule has 0 aliphatic heterocycles. The van der Waals surface area contributed by atoms with E-state index in [1.54, 1.807) is 0 Å². The molecule has 0 aromatic heterocycles. The van der Waals surface area contributed by atoms with Crippen LogP contribution in [0.5, 0.6) is 0 Å². The summed E-state index contributed by atoms with van der Waals surface area (Å²) in [6.07, 6.45) is 1.57. The smallest absolute Gasteiger partial charge is 0.129 e. The third-order valence-electron chi connectivity index (χ3n) is 2.38. The van der Waals surface area contributed by atoms with Gasteiger partial charge in [0.1, 0.15) is 11.6 Å². The fourth-order valence-corrected chi connectivity index (χ4v) is 1.45. The fourth-order valence-electron chi connectivity index (χ4n) is 1.45. The minimum Gasteiger partial charge on any atom is -0.380 e. The van der Waals surface area contributed by atoms with E-state index in [9.17, 15) is 8.78 Å². The first kappa shape index (κ1) is 14.1. The number of hydrogen-bond donors (Lipinski definition) is 1. The number of benzene rings is 1. The van der Waals surface area contributed by atoms with E-state index in [4.69, 9.17) is 4.74 Å². The number of hydrogen-bond acceptors (Lipinski definition) is 2. The Balaban J connectivity index is 2.14. The third kappa shape index (κ3) is 5.75. The lowest BCUT2D eigenvalue weighted by molar-refractivity contribution is 0.138. The number of rotatable bonds is 8.